The minimum Gasteiger partial charge on any atom is -0.467 e. The van der Waals surface area contributed by atoms with Crippen molar-refractivity contribution < 1.29 is 14.6 Å². The van der Waals surface area contributed by atoms with E-state index in [1.807, 2.05) is 13.8 Å². The topological polar surface area (TPSA) is 89.4 Å². The summed E-state index contributed by atoms with van der Waals surface area (Å²) in [5, 5.41) is 12.1. The first-order valence-corrected chi connectivity index (χ1v) is 5.32. The molecule has 1 aromatic heterocycles. The fourth-order valence-corrected chi connectivity index (χ4v) is 1.09. The second-order valence-corrected chi connectivity index (χ2v) is 3.73. The van der Waals surface area contributed by atoms with E-state index in [0.717, 1.165) is 0 Å². The van der Waals surface area contributed by atoms with E-state index in [1.54, 1.807) is 0 Å². The molecule has 7 heteroatoms. The van der Waals surface area contributed by atoms with Gasteiger partial charge >= 0.3 is 12.0 Å². The van der Waals surface area contributed by atoms with Crippen molar-refractivity contribution in [3.8, 4) is 12.0 Å². The third-order valence-corrected chi connectivity index (χ3v) is 2.46. The monoisotopic (exact) mass is 242 g/mol. The van der Waals surface area contributed by atoms with Crippen molar-refractivity contribution in [3.63, 3.8) is 0 Å². The molecule has 0 saturated carbocycles. The highest BCUT2D eigenvalue weighted by atomic mass is 16.5. The molecule has 0 radical (unpaired) electrons. The third kappa shape index (κ3) is 3.70. The molecule has 2 unspecified atom stereocenters. The number of methoxy groups -OCH3 is 2. The van der Waals surface area contributed by atoms with E-state index < -0.39 is 0 Å². The van der Waals surface area contributed by atoms with Gasteiger partial charge in [0.2, 0.25) is 5.95 Å². The lowest BCUT2D eigenvalue weighted by Crippen LogP contribution is -2.27. The van der Waals surface area contributed by atoms with Crippen LogP contribution in [-0.4, -0.2) is 46.9 Å². The highest BCUT2D eigenvalue weighted by Crippen LogP contribution is 2.14. The molecule has 7 nitrogen and oxygen atoms in total. The lowest BCUT2D eigenvalue weighted by atomic mass is 10.1. The Morgan fingerprint density at radius 3 is 2.06 bits per heavy atom. The number of hydrogen-bond acceptors (Lipinski definition) is 7. The zero-order valence-corrected chi connectivity index (χ0v) is 10.5. The highest BCUT2D eigenvalue weighted by molar-refractivity contribution is 5.28. The Bertz CT molecular complexity index is 339. The number of rotatable bonds is 6. The van der Waals surface area contributed by atoms with Gasteiger partial charge in [-0.15, -0.1) is 4.98 Å². The number of anilines is 1. The fraction of sp³-hybridized carbons (Fsp3) is 0.700. The molecule has 17 heavy (non-hydrogen) atoms. The fourth-order valence-electron chi connectivity index (χ4n) is 1.09. The Morgan fingerprint density at radius 2 is 1.65 bits per heavy atom. The Labute approximate surface area is 100 Å². The van der Waals surface area contributed by atoms with Crippen molar-refractivity contribution in [1.29, 1.82) is 0 Å². The van der Waals surface area contributed by atoms with Gasteiger partial charge in [0, 0.05) is 12.6 Å². The zero-order chi connectivity index (χ0) is 12.8. The summed E-state index contributed by atoms with van der Waals surface area (Å²) < 4.78 is 9.87. The second-order valence-electron chi connectivity index (χ2n) is 3.73. The van der Waals surface area contributed by atoms with E-state index in [0.29, 0.717) is 5.95 Å². The molecular formula is C10H18N4O3. The van der Waals surface area contributed by atoms with E-state index in [9.17, 15) is 0 Å². The minimum absolute atomic E-state index is 0.0248. The van der Waals surface area contributed by atoms with Crippen molar-refractivity contribution in [2.75, 3.05) is 26.1 Å². The van der Waals surface area contributed by atoms with Gasteiger partial charge < -0.3 is 19.9 Å². The number of aliphatic hydroxyl groups excluding tert-OH is 1. The van der Waals surface area contributed by atoms with Gasteiger partial charge in [-0.3, -0.25) is 0 Å². The average molecular weight is 242 g/mol. The van der Waals surface area contributed by atoms with E-state index in [2.05, 4.69) is 20.3 Å². The molecule has 0 spiro atoms. The van der Waals surface area contributed by atoms with Crippen LogP contribution in [0.2, 0.25) is 0 Å². The smallest absolute Gasteiger partial charge is 0.324 e. The zero-order valence-electron chi connectivity index (χ0n) is 10.5. The number of hydrogen-bond donors (Lipinski definition) is 2. The third-order valence-electron chi connectivity index (χ3n) is 2.46. The van der Waals surface area contributed by atoms with Crippen LogP contribution in [-0.2, 0) is 0 Å². The Balaban J connectivity index is 2.82. The summed E-state index contributed by atoms with van der Waals surface area (Å²) in [7, 11) is 2.94. The predicted molar refractivity (Wildman–Crippen MR) is 62.3 cm³/mol. The van der Waals surface area contributed by atoms with Crippen molar-refractivity contribution >= 4 is 5.95 Å². The largest absolute Gasteiger partial charge is 0.467 e. The Hall–Kier alpha value is -1.63. The molecule has 0 saturated heterocycles. The molecular weight excluding hydrogens is 224 g/mol. The number of aromatic nitrogens is 3. The second kappa shape index (κ2) is 6.19. The van der Waals surface area contributed by atoms with Gasteiger partial charge in [-0.25, -0.2) is 0 Å². The molecule has 96 valence electrons. The van der Waals surface area contributed by atoms with E-state index in [-0.39, 0.29) is 30.6 Å². The maximum absolute atomic E-state index is 9.04. The van der Waals surface area contributed by atoms with Crippen LogP contribution in [0.3, 0.4) is 0 Å². The summed E-state index contributed by atoms with van der Waals surface area (Å²) in [4.78, 5) is 12.0. The van der Waals surface area contributed by atoms with Gasteiger partial charge in [0.25, 0.3) is 0 Å². The van der Waals surface area contributed by atoms with Crippen LogP contribution in [0.25, 0.3) is 0 Å². The van der Waals surface area contributed by atoms with Crippen molar-refractivity contribution in [3.05, 3.63) is 0 Å². The van der Waals surface area contributed by atoms with Crippen LogP contribution in [0.1, 0.15) is 13.8 Å². The molecule has 0 aromatic carbocycles. The molecule has 0 fully saturated rings. The van der Waals surface area contributed by atoms with E-state index in [1.165, 1.54) is 14.2 Å². The summed E-state index contributed by atoms with van der Waals surface area (Å²) in [5.74, 6) is 0.449. The molecule has 1 heterocycles. The normalized spacial score (nSPS) is 13.9. The van der Waals surface area contributed by atoms with Crippen LogP contribution in [0.15, 0.2) is 0 Å². The van der Waals surface area contributed by atoms with Crippen LogP contribution in [0.5, 0.6) is 12.0 Å². The molecule has 0 amide bonds. The lowest BCUT2D eigenvalue weighted by molar-refractivity contribution is 0.226. The number of nitrogens with one attached hydrogen (secondary N) is 1. The molecule has 0 aliphatic heterocycles. The molecule has 0 bridgehead atoms. The van der Waals surface area contributed by atoms with E-state index >= 15 is 0 Å². The lowest BCUT2D eigenvalue weighted by Gasteiger charge is -2.19. The minimum atomic E-state index is 0.0248. The average Bonchev–Trinajstić information content (AvgIpc) is 2.36. The van der Waals surface area contributed by atoms with Gasteiger partial charge in [0.05, 0.1) is 14.2 Å². The van der Waals surface area contributed by atoms with Crippen molar-refractivity contribution in [2.24, 2.45) is 5.92 Å². The first-order valence-electron chi connectivity index (χ1n) is 5.32. The van der Waals surface area contributed by atoms with Crippen LogP contribution in [0, 0.1) is 5.92 Å². The summed E-state index contributed by atoms with van der Waals surface area (Å²) in [6, 6.07) is 0.392. The van der Waals surface area contributed by atoms with Crippen molar-refractivity contribution in [2.45, 2.75) is 19.9 Å². The van der Waals surface area contributed by atoms with Gasteiger partial charge in [0.1, 0.15) is 0 Å². The van der Waals surface area contributed by atoms with Gasteiger partial charge in [-0.2, -0.15) is 9.97 Å². The van der Waals surface area contributed by atoms with Gasteiger partial charge in [-0.05, 0) is 12.8 Å². The van der Waals surface area contributed by atoms with Crippen LogP contribution < -0.4 is 14.8 Å². The number of aliphatic hydroxyl groups is 1. The Morgan fingerprint density at radius 1 is 1.12 bits per heavy atom. The molecule has 1 rings (SSSR count). The summed E-state index contributed by atoms with van der Waals surface area (Å²) >= 11 is 0. The van der Waals surface area contributed by atoms with Crippen LogP contribution in [0.4, 0.5) is 5.95 Å². The molecule has 2 atom stereocenters. The number of ether oxygens (including phenoxy) is 2. The van der Waals surface area contributed by atoms with Crippen molar-refractivity contribution in [1.82, 2.24) is 15.0 Å². The first-order chi connectivity index (χ1) is 8.10. The predicted octanol–water partition coefficient (Wildman–Crippen LogP) is 0.318. The Kier molecular flexibility index (Phi) is 4.89. The maximum atomic E-state index is 9.04. The quantitative estimate of drug-likeness (QED) is 0.742. The molecule has 2 N–H and O–H groups in total. The summed E-state index contributed by atoms with van der Waals surface area (Å²) in [6.07, 6.45) is 0. The molecule has 1 aromatic rings. The summed E-state index contributed by atoms with van der Waals surface area (Å²) in [6.45, 7) is 3.95. The number of nitrogens with zero attached hydrogens (tertiary/aromatic N) is 3. The highest BCUT2D eigenvalue weighted by Gasteiger charge is 2.14. The summed E-state index contributed by atoms with van der Waals surface area (Å²) in [5.41, 5.74) is 0. The standard InChI is InChI=1S/C10H18N4O3/c1-6(5-15)7(2)11-8-12-9(16-3)14-10(13-8)17-4/h6-7,15H,5H2,1-4H3,(H,11,12,13,14). The molecule has 0 aliphatic rings. The molecule has 0 aliphatic carbocycles. The van der Waals surface area contributed by atoms with E-state index in [4.69, 9.17) is 14.6 Å². The van der Waals surface area contributed by atoms with Crippen LogP contribution >= 0.6 is 0 Å². The van der Waals surface area contributed by atoms with Gasteiger partial charge in [0.15, 0.2) is 0 Å². The first kappa shape index (κ1) is 13.4. The maximum Gasteiger partial charge on any atom is 0.324 e. The SMILES string of the molecule is COc1nc(NC(C)C(C)CO)nc(OC)n1. The van der Waals surface area contributed by atoms with Gasteiger partial charge in [-0.1, -0.05) is 6.92 Å².